The fourth-order valence-electron chi connectivity index (χ4n) is 3.30. The van der Waals surface area contributed by atoms with Crippen molar-refractivity contribution in [2.75, 3.05) is 16.8 Å². The van der Waals surface area contributed by atoms with Crippen molar-refractivity contribution in [1.29, 1.82) is 0 Å². The maximum Gasteiger partial charge on any atom is 0.227 e. The SMILES string of the molecule is CC(Nc1ccnc2cc(Br)cnc12)c1ccc(N2CCCC2=O)cc1. The molecule has 2 aromatic heterocycles. The number of nitrogens with one attached hydrogen (secondary N) is 1. The standard InChI is InChI=1S/C20H19BrN4O/c1-13(14-4-6-16(7-5-14)25-10-2-3-19(25)26)24-17-8-9-22-18-11-15(21)12-23-20(17)18/h4-9,11-13H,2-3,10H2,1H3,(H,22,24). The van der Waals surface area contributed by atoms with Crippen LogP contribution >= 0.6 is 15.9 Å². The molecule has 0 saturated carbocycles. The average Bonchev–Trinajstić information content (AvgIpc) is 3.07. The van der Waals surface area contributed by atoms with Crippen molar-refractivity contribution in [3.8, 4) is 0 Å². The lowest BCUT2D eigenvalue weighted by Crippen LogP contribution is -2.23. The Morgan fingerprint density at radius 3 is 2.73 bits per heavy atom. The van der Waals surface area contributed by atoms with E-state index >= 15 is 0 Å². The van der Waals surface area contributed by atoms with Crippen LogP contribution < -0.4 is 10.2 Å². The lowest BCUT2D eigenvalue weighted by Gasteiger charge is -2.19. The van der Waals surface area contributed by atoms with E-state index in [2.05, 4.69) is 50.3 Å². The van der Waals surface area contributed by atoms with Crippen LogP contribution in [0.4, 0.5) is 11.4 Å². The summed E-state index contributed by atoms with van der Waals surface area (Å²) in [6.45, 7) is 2.93. The van der Waals surface area contributed by atoms with Crippen molar-refractivity contribution in [3.63, 3.8) is 0 Å². The Balaban J connectivity index is 1.55. The van der Waals surface area contributed by atoms with E-state index in [4.69, 9.17) is 0 Å². The Bertz CT molecular complexity index is 958. The summed E-state index contributed by atoms with van der Waals surface area (Å²) in [5.41, 5.74) is 4.78. The molecule has 1 saturated heterocycles. The van der Waals surface area contributed by atoms with Crippen LogP contribution in [0.2, 0.25) is 0 Å². The fourth-order valence-corrected chi connectivity index (χ4v) is 3.62. The molecule has 1 aliphatic rings. The average molecular weight is 411 g/mol. The maximum absolute atomic E-state index is 11.9. The zero-order valence-corrected chi connectivity index (χ0v) is 16.0. The van der Waals surface area contributed by atoms with Gasteiger partial charge >= 0.3 is 0 Å². The minimum Gasteiger partial charge on any atom is -0.377 e. The number of hydrogen-bond donors (Lipinski definition) is 1. The van der Waals surface area contributed by atoms with Gasteiger partial charge in [0.25, 0.3) is 0 Å². The van der Waals surface area contributed by atoms with E-state index < -0.39 is 0 Å². The van der Waals surface area contributed by atoms with Crippen LogP contribution in [0.3, 0.4) is 0 Å². The van der Waals surface area contributed by atoms with E-state index in [-0.39, 0.29) is 11.9 Å². The van der Waals surface area contributed by atoms with Crippen LogP contribution in [-0.4, -0.2) is 22.4 Å². The summed E-state index contributed by atoms with van der Waals surface area (Å²) in [6.07, 6.45) is 5.16. The largest absolute Gasteiger partial charge is 0.377 e. The molecule has 3 heterocycles. The van der Waals surface area contributed by atoms with E-state index in [0.29, 0.717) is 6.42 Å². The normalized spacial score (nSPS) is 15.5. The monoisotopic (exact) mass is 410 g/mol. The predicted molar refractivity (Wildman–Crippen MR) is 107 cm³/mol. The Morgan fingerprint density at radius 2 is 2.00 bits per heavy atom. The number of amides is 1. The molecule has 4 rings (SSSR count). The minimum absolute atomic E-state index is 0.106. The summed E-state index contributed by atoms with van der Waals surface area (Å²) in [4.78, 5) is 22.6. The van der Waals surface area contributed by atoms with E-state index in [1.165, 1.54) is 0 Å². The van der Waals surface area contributed by atoms with Gasteiger partial charge in [-0.25, -0.2) is 0 Å². The van der Waals surface area contributed by atoms with Crippen LogP contribution in [0.25, 0.3) is 11.0 Å². The third-order valence-electron chi connectivity index (χ3n) is 4.69. The highest BCUT2D eigenvalue weighted by atomic mass is 79.9. The van der Waals surface area contributed by atoms with Crippen LogP contribution in [-0.2, 0) is 4.79 Å². The number of aromatic nitrogens is 2. The molecule has 0 spiro atoms. The van der Waals surface area contributed by atoms with E-state index in [0.717, 1.165) is 45.4 Å². The summed E-state index contributed by atoms with van der Waals surface area (Å²) in [5, 5.41) is 3.52. The number of benzene rings is 1. The third kappa shape index (κ3) is 3.29. The van der Waals surface area contributed by atoms with Crippen molar-refractivity contribution < 1.29 is 4.79 Å². The lowest BCUT2D eigenvalue weighted by molar-refractivity contribution is -0.117. The molecule has 1 atom stereocenters. The Hall–Kier alpha value is -2.47. The molecule has 0 aliphatic carbocycles. The van der Waals surface area contributed by atoms with Crippen LogP contribution in [0.15, 0.2) is 53.3 Å². The molecule has 132 valence electrons. The van der Waals surface area contributed by atoms with Gasteiger partial charge in [-0.1, -0.05) is 12.1 Å². The van der Waals surface area contributed by atoms with Crippen molar-refractivity contribution in [2.45, 2.75) is 25.8 Å². The van der Waals surface area contributed by atoms with Gasteiger partial charge in [0.1, 0.15) is 5.52 Å². The van der Waals surface area contributed by atoms with Crippen molar-refractivity contribution >= 4 is 44.2 Å². The summed E-state index contributed by atoms with van der Waals surface area (Å²) in [5.74, 6) is 0.212. The van der Waals surface area contributed by atoms with Gasteiger partial charge in [0.05, 0.1) is 11.2 Å². The van der Waals surface area contributed by atoms with Gasteiger partial charge in [-0.15, -0.1) is 0 Å². The van der Waals surface area contributed by atoms with Crippen molar-refractivity contribution in [2.24, 2.45) is 0 Å². The second-order valence-corrected chi connectivity index (χ2v) is 7.40. The van der Waals surface area contributed by atoms with Gasteiger partial charge in [-0.05, 0) is 59.1 Å². The highest BCUT2D eigenvalue weighted by molar-refractivity contribution is 9.10. The summed E-state index contributed by atoms with van der Waals surface area (Å²) < 4.78 is 0.912. The molecule has 1 fully saturated rings. The van der Waals surface area contributed by atoms with Gasteiger partial charge < -0.3 is 10.2 Å². The van der Waals surface area contributed by atoms with Crippen molar-refractivity contribution in [1.82, 2.24) is 9.97 Å². The number of pyridine rings is 2. The second kappa shape index (κ2) is 7.03. The number of halogens is 1. The topological polar surface area (TPSA) is 58.1 Å². The molecule has 0 bridgehead atoms. The van der Waals surface area contributed by atoms with Crippen LogP contribution in [0, 0.1) is 0 Å². The second-order valence-electron chi connectivity index (χ2n) is 6.49. The van der Waals surface area contributed by atoms with Gasteiger partial charge in [0.2, 0.25) is 5.91 Å². The predicted octanol–water partition coefficient (Wildman–Crippen LogP) is 4.69. The molecule has 0 radical (unpaired) electrons. The Morgan fingerprint density at radius 1 is 1.19 bits per heavy atom. The Labute approximate surface area is 160 Å². The van der Waals surface area contributed by atoms with E-state index in [1.54, 1.807) is 12.4 Å². The first-order chi connectivity index (χ1) is 12.6. The molecule has 1 amide bonds. The molecule has 1 aliphatic heterocycles. The molecule has 1 unspecified atom stereocenters. The number of fused-ring (bicyclic) bond motifs is 1. The van der Waals surface area contributed by atoms with E-state index in [9.17, 15) is 4.79 Å². The fraction of sp³-hybridized carbons (Fsp3) is 0.250. The highest BCUT2D eigenvalue weighted by Gasteiger charge is 2.21. The number of carbonyl (C=O) groups is 1. The molecule has 26 heavy (non-hydrogen) atoms. The lowest BCUT2D eigenvalue weighted by atomic mass is 10.1. The molecular formula is C20H19BrN4O. The molecule has 5 nitrogen and oxygen atoms in total. The smallest absolute Gasteiger partial charge is 0.227 e. The highest BCUT2D eigenvalue weighted by Crippen LogP contribution is 2.28. The number of anilines is 2. The number of carbonyl (C=O) groups excluding carboxylic acids is 1. The van der Waals surface area contributed by atoms with E-state index in [1.807, 2.05) is 29.2 Å². The third-order valence-corrected chi connectivity index (χ3v) is 5.13. The number of rotatable bonds is 4. The minimum atomic E-state index is 0.106. The quantitative estimate of drug-likeness (QED) is 0.677. The van der Waals surface area contributed by atoms with Crippen LogP contribution in [0.5, 0.6) is 0 Å². The van der Waals surface area contributed by atoms with Crippen LogP contribution in [0.1, 0.15) is 31.4 Å². The van der Waals surface area contributed by atoms with Gasteiger partial charge in [-0.3, -0.25) is 14.8 Å². The molecule has 6 heteroatoms. The van der Waals surface area contributed by atoms with Crippen molar-refractivity contribution in [3.05, 3.63) is 58.8 Å². The molecule has 1 aromatic carbocycles. The summed E-state index contributed by atoms with van der Waals surface area (Å²) in [6, 6.07) is 12.2. The Kier molecular flexibility index (Phi) is 4.59. The molecular weight excluding hydrogens is 392 g/mol. The molecule has 3 aromatic rings. The van der Waals surface area contributed by atoms with Gasteiger partial charge in [0, 0.05) is 41.6 Å². The zero-order valence-electron chi connectivity index (χ0n) is 14.4. The first kappa shape index (κ1) is 17.0. The zero-order chi connectivity index (χ0) is 18.1. The first-order valence-electron chi connectivity index (χ1n) is 8.69. The first-order valence-corrected chi connectivity index (χ1v) is 9.48. The summed E-state index contributed by atoms with van der Waals surface area (Å²) >= 11 is 3.43. The maximum atomic E-state index is 11.9. The number of nitrogens with zero attached hydrogens (tertiary/aromatic N) is 3. The molecule has 1 N–H and O–H groups in total. The van der Waals surface area contributed by atoms with Gasteiger partial charge in [-0.2, -0.15) is 0 Å². The number of hydrogen-bond acceptors (Lipinski definition) is 4. The summed E-state index contributed by atoms with van der Waals surface area (Å²) in [7, 11) is 0. The van der Waals surface area contributed by atoms with Gasteiger partial charge in [0.15, 0.2) is 0 Å².